The number of rotatable bonds is 3. The van der Waals surface area contributed by atoms with Crippen molar-refractivity contribution in [1.82, 2.24) is 9.21 Å². The first-order chi connectivity index (χ1) is 13.3. The van der Waals surface area contributed by atoms with Crippen LogP contribution in [-0.4, -0.2) is 67.7 Å². The molecule has 0 aromatic heterocycles. The molecule has 144 valence electrons. The van der Waals surface area contributed by atoms with Gasteiger partial charge in [-0.25, -0.2) is 4.31 Å². The van der Waals surface area contributed by atoms with E-state index in [1.807, 2.05) is 11.0 Å². The van der Waals surface area contributed by atoms with E-state index in [4.69, 9.17) is 9.47 Å². The number of nitrogens with one attached hydrogen (secondary N) is 1. The van der Waals surface area contributed by atoms with Gasteiger partial charge >= 0.3 is 0 Å². The molecule has 0 saturated carbocycles. The van der Waals surface area contributed by atoms with Crippen LogP contribution in [-0.2, 0) is 9.53 Å². The average Bonchev–Trinajstić information content (AvgIpc) is 3.26. The molecule has 1 amide bonds. The molecule has 1 atom stereocenters. The standard InChI is InChI=1S/C20H25N3O3S/c24-20(14-2-1-6-25-13-14)22-9-15-11-23(12-16(15)10-22)27-17-3-4-19-18(8-17)21-5-7-26-19/h3-4,8,14,21H,1-2,5-7,9-13H2. The van der Waals surface area contributed by atoms with E-state index in [1.165, 1.54) is 16.0 Å². The summed E-state index contributed by atoms with van der Waals surface area (Å²) in [5.74, 6) is 1.28. The van der Waals surface area contributed by atoms with Gasteiger partial charge in [-0.3, -0.25) is 4.79 Å². The molecule has 6 nitrogen and oxygen atoms in total. The van der Waals surface area contributed by atoms with Crippen molar-refractivity contribution in [2.24, 2.45) is 5.92 Å². The van der Waals surface area contributed by atoms with Gasteiger partial charge in [0.05, 0.1) is 18.2 Å². The summed E-state index contributed by atoms with van der Waals surface area (Å²) in [6, 6.07) is 6.34. The Labute approximate surface area is 164 Å². The fraction of sp³-hybridized carbons (Fsp3) is 0.550. The monoisotopic (exact) mass is 387 g/mol. The number of hydrogen-bond donors (Lipinski definition) is 1. The number of hydrogen-bond acceptors (Lipinski definition) is 6. The summed E-state index contributed by atoms with van der Waals surface area (Å²) in [7, 11) is 0. The van der Waals surface area contributed by atoms with E-state index in [2.05, 4.69) is 21.8 Å². The van der Waals surface area contributed by atoms with Crippen LogP contribution in [0.5, 0.6) is 5.75 Å². The molecule has 4 aliphatic rings. The number of amides is 1. The summed E-state index contributed by atoms with van der Waals surface area (Å²) >= 11 is 1.79. The minimum Gasteiger partial charge on any atom is -0.490 e. The third kappa shape index (κ3) is 3.56. The Morgan fingerprint density at radius 2 is 2.00 bits per heavy atom. The number of nitrogens with zero attached hydrogens (tertiary/aromatic N) is 2. The fourth-order valence-corrected chi connectivity index (χ4v) is 5.32. The Balaban J connectivity index is 1.16. The van der Waals surface area contributed by atoms with Crippen LogP contribution in [0.3, 0.4) is 0 Å². The molecule has 0 spiro atoms. The summed E-state index contributed by atoms with van der Waals surface area (Å²) < 4.78 is 13.5. The second-order valence-electron chi connectivity index (χ2n) is 7.64. The van der Waals surface area contributed by atoms with Gasteiger partial charge in [0.15, 0.2) is 0 Å². The van der Waals surface area contributed by atoms with Gasteiger partial charge in [0.1, 0.15) is 12.4 Å². The lowest BCUT2D eigenvalue weighted by Gasteiger charge is -2.28. The highest BCUT2D eigenvalue weighted by molar-refractivity contribution is 7.97. The molecule has 4 heterocycles. The van der Waals surface area contributed by atoms with Crippen LogP contribution in [0.25, 0.3) is 0 Å². The molecule has 5 rings (SSSR count). The van der Waals surface area contributed by atoms with Crippen molar-refractivity contribution < 1.29 is 14.3 Å². The van der Waals surface area contributed by atoms with Gasteiger partial charge in [-0.15, -0.1) is 0 Å². The molecule has 0 radical (unpaired) electrons. The van der Waals surface area contributed by atoms with Gasteiger partial charge in [0.25, 0.3) is 0 Å². The zero-order valence-electron chi connectivity index (χ0n) is 15.4. The zero-order valence-corrected chi connectivity index (χ0v) is 16.2. The summed E-state index contributed by atoms with van der Waals surface area (Å²) in [5.41, 5.74) is 3.93. The number of fused-ring (bicyclic) bond motifs is 1. The van der Waals surface area contributed by atoms with Gasteiger partial charge in [-0.2, -0.15) is 0 Å². The van der Waals surface area contributed by atoms with Crippen molar-refractivity contribution in [3.63, 3.8) is 0 Å². The van der Waals surface area contributed by atoms with Gasteiger partial charge in [0, 0.05) is 44.2 Å². The van der Waals surface area contributed by atoms with Gasteiger partial charge in [0.2, 0.25) is 5.91 Å². The molecule has 1 N–H and O–H groups in total. The summed E-state index contributed by atoms with van der Waals surface area (Å²) in [5, 5.41) is 3.40. The Kier molecular flexibility index (Phi) is 4.75. The van der Waals surface area contributed by atoms with Gasteiger partial charge in [-0.05, 0) is 54.1 Å². The Hall–Kier alpha value is -1.70. The number of carbonyl (C=O) groups is 1. The van der Waals surface area contributed by atoms with Crippen LogP contribution in [0.4, 0.5) is 5.69 Å². The smallest absolute Gasteiger partial charge is 0.228 e. The van der Waals surface area contributed by atoms with Crippen molar-refractivity contribution in [3.8, 4) is 5.75 Å². The predicted octanol–water partition coefficient (Wildman–Crippen LogP) is 2.38. The van der Waals surface area contributed by atoms with E-state index in [0.717, 1.165) is 70.2 Å². The second-order valence-corrected chi connectivity index (χ2v) is 8.81. The average molecular weight is 388 g/mol. The lowest BCUT2D eigenvalue weighted by molar-refractivity contribution is -0.138. The molecule has 1 aromatic rings. The number of carbonyl (C=O) groups excluding carboxylic acids is 1. The molecule has 4 aliphatic heterocycles. The summed E-state index contributed by atoms with van der Waals surface area (Å²) in [4.78, 5) is 16.0. The summed E-state index contributed by atoms with van der Waals surface area (Å²) in [6.45, 7) is 6.44. The molecule has 0 aliphatic carbocycles. The lowest BCUT2D eigenvalue weighted by atomic mass is 10.0. The van der Waals surface area contributed by atoms with Crippen molar-refractivity contribution in [1.29, 1.82) is 0 Å². The van der Waals surface area contributed by atoms with Crippen molar-refractivity contribution >= 4 is 23.5 Å². The largest absolute Gasteiger partial charge is 0.490 e. The van der Waals surface area contributed by atoms with Crippen LogP contribution < -0.4 is 10.1 Å². The van der Waals surface area contributed by atoms with Gasteiger partial charge in [-0.1, -0.05) is 0 Å². The SMILES string of the molecule is O=C(C1CCCOC1)N1CC2=C(CN(Sc3ccc4c(c3)NCCO4)C2)C1. The molecular weight excluding hydrogens is 362 g/mol. The van der Waals surface area contributed by atoms with Crippen molar-refractivity contribution in [2.75, 3.05) is 57.9 Å². The first-order valence-electron chi connectivity index (χ1n) is 9.76. The minimum absolute atomic E-state index is 0.0643. The van der Waals surface area contributed by atoms with Crippen molar-refractivity contribution in [2.45, 2.75) is 17.7 Å². The lowest BCUT2D eigenvalue weighted by Crippen LogP contribution is -2.40. The molecule has 27 heavy (non-hydrogen) atoms. The normalized spacial score (nSPS) is 25.0. The van der Waals surface area contributed by atoms with Crippen LogP contribution in [0, 0.1) is 5.92 Å². The van der Waals surface area contributed by atoms with E-state index in [1.54, 1.807) is 11.9 Å². The number of benzene rings is 1. The topological polar surface area (TPSA) is 54.0 Å². The molecule has 1 aromatic carbocycles. The molecule has 1 saturated heterocycles. The Bertz CT molecular complexity index is 758. The minimum atomic E-state index is 0.0643. The van der Waals surface area contributed by atoms with Crippen molar-refractivity contribution in [3.05, 3.63) is 29.3 Å². The maximum absolute atomic E-state index is 12.7. The zero-order chi connectivity index (χ0) is 18.2. The number of ether oxygens (including phenoxy) is 2. The van der Waals surface area contributed by atoms with Crippen LogP contribution in [0.15, 0.2) is 34.2 Å². The summed E-state index contributed by atoms with van der Waals surface area (Å²) in [6.07, 6.45) is 1.97. The Morgan fingerprint density at radius 3 is 2.78 bits per heavy atom. The molecule has 0 bridgehead atoms. The third-order valence-electron chi connectivity index (χ3n) is 5.68. The predicted molar refractivity (Wildman–Crippen MR) is 105 cm³/mol. The first-order valence-corrected chi connectivity index (χ1v) is 10.5. The van der Waals surface area contributed by atoms with E-state index in [-0.39, 0.29) is 11.8 Å². The quantitative estimate of drug-likeness (QED) is 0.635. The van der Waals surface area contributed by atoms with Crippen LogP contribution >= 0.6 is 11.9 Å². The van der Waals surface area contributed by atoms with Crippen LogP contribution in [0.2, 0.25) is 0 Å². The molecule has 1 fully saturated rings. The molecular formula is C20H25N3O3S. The third-order valence-corrected chi connectivity index (χ3v) is 6.66. The van der Waals surface area contributed by atoms with E-state index in [0.29, 0.717) is 6.61 Å². The molecule has 1 unspecified atom stereocenters. The molecule has 7 heteroatoms. The van der Waals surface area contributed by atoms with Crippen LogP contribution in [0.1, 0.15) is 12.8 Å². The maximum atomic E-state index is 12.7. The number of anilines is 1. The highest BCUT2D eigenvalue weighted by atomic mass is 32.2. The highest BCUT2D eigenvalue weighted by Crippen LogP contribution is 2.37. The van der Waals surface area contributed by atoms with E-state index >= 15 is 0 Å². The second kappa shape index (κ2) is 7.37. The highest BCUT2D eigenvalue weighted by Gasteiger charge is 2.35. The Morgan fingerprint density at radius 1 is 1.15 bits per heavy atom. The first kappa shape index (κ1) is 17.4. The van der Waals surface area contributed by atoms with Gasteiger partial charge < -0.3 is 19.7 Å². The maximum Gasteiger partial charge on any atom is 0.228 e. The van der Waals surface area contributed by atoms with E-state index < -0.39 is 0 Å². The van der Waals surface area contributed by atoms with E-state index in [9.17, 15) is 4.79 Å². The fourth-order valence-electron chi connectivity index (χ4n) is 4.29.